The summed E-state index contributed by atoms with van der Waals surface area (Å²) in [5.41, 5.74) is 1.63. The molecule has 3 aliphatic carbocycles. The van der Waals surface area contributed by atoms with Gasteiger partial charge in [0, 0.05) is 40.9 Å². The Morgan fingerprint density at radius 2 is 1.67 bits per heavy atom. The number of nitrogens with one attached hydrogen (secondary N) is 2. The molecule has 2 heterocycles. The number of nitrogens with zero attached hydrogens (tertiary/aromatic N) is 2. The molecule has 6 nitrogen and oxygen atoms in total. The molecule has 3 fully saturated rings. The van der Waals surface area contributed by atoms with Crippen LogP contribution in [-0.4, -0.2) is 32.1 Å². The summed E-state index contributed by atoms with van der Waals surface area (Å²) in [5.74, 6) is -2.25. The number of anilines is 1. The fourth-order valence-electron chi connectivity index (χ4n) is 5.93. The number of halogens is 3. The number of aliphatic carboxylic acids is 1. The summed E-state index contributed by atoms with van der Waals surface area (Å²) in [6.07, 6.45) is 5.24. The third-order valence-corrected chi connectivity index (χ3v) is 7.63. The maximum atomic E-state index is 14.3. The predicted octanol–water partition coefficient (Wildman–Crippen LogP) is 6.01. The Morgan fingerprint density at radius 1 is 0.944 bits per heavy atom. The van der Waals surface area contributed by atoms with Crippen LogP contribution in [0.4, 0.5) is 19.0 Å². The molecule has 9 heteroatoms. The van der Waals surface area contributed by atoms with E-state index < -0.39 is 29.3 Å². The van der Waals surface area contributed by atoms with Gasteiger partial charge in [0.25, 0.3) is 0 Å². The average molecular weight is 493 g/mol. The Labute approximate surface area is 204 Å². The van der Waals surface area contributed by atoms with E-state index in [1.807, 2.05) is 0 Å². The molecule has 3 saturated carbocycles. The smallest absolute Gasteiger partial charge is 0.308 e. The van der Waals surface area contributed by atoms with Crippen molar-refractivity contribution in [1.29, 1.82) is 0 Å². The number of carbonyl (C=O) groups is 1. The van der Waals surface area contributed by atoms with Gasteiger partial charge in [0.05, 0.1) is 17.1 Å². The summed E-state index contributed by atoms with van der Waals surface area (Å²) in [4.78, 5) is 24.2. The van der Waals surface area contributed by atoms with Gasteiger partial charge in [0.15, 0.2) is 5.82 Å². The van der Waals surface area contributed by atoms with Gasteiger partial charge < -0.3 is 15.4 Å². The number of rotatable bonds is 5. The van der Waals surface area contributed by atoms with Crippen molar-refractivity contribution in [2.24, 2.45) is 17.8 Å². The van der Waals surface area contributed by atoms with Crippen molar-refractivity contribution in [2.45, 2.75) is 31.7 Å². The Bertz CT molecular complexity index is 1460. The first-order valence-corrected chi connectivity index (χ1v) is 12.0. The van der Waals surface area contributed by atoms with Gasteiger partial charge in [0.1, 0.15) is 23.3 Å². The highest BCUT2D eigenvalue weighted by atomic mass is 19.1. The second kappa shape index (κ2) is 8.65. The van der Waals surface area contributed by atoms with Gasteiger partial charge in [-0.1, -0.05) is 0 Å². The van der Waals surface area contributed by atoms with Crippen LogP contribution in [0, 0.1) is 35.2 Å². The largest absolute Gasteiger partial charge is 0.481 e. The van der Waals surface area contributed by atoms with Crippen molar-refractivity contribution in [3.05, 3.63) is 66.1 Å². The van der Waals surface area contributed by atoms with Crippen LogP contribution >= 0.6 is 0 Å². The van der Waals surface area contributed by atoms with E-state index in [2.05, 4.69) is 20.3 Å². The lowest BCUT2D eigenvalue weighted by molar-refractivity contribution is -0.148. The van der Waals surface area contributed by atoms with E-state index in [4.69, 9.17) is 0 Å². The van der Waals surface area contributed by atoms with Crippen LogP contribution in [0.25, 0.3) is 33.5 Å². The second-order valence-electron chi connectivity index (χ2n) is 9.69. The summed E-state index contributed by atoms with van der Waals surface area (Å²) in [6.45, 7) is 0. The summed E-state index contributed by atoms with van der Waals surface area (Å²) >= 11 is 0. The number of aromatic amines is 1. The number of aromatic nitrogens is 3. The summed E-state index contributed by atoms with van der Waals surface area (Å²) < 4.78 is 42.0. The monoisotopic (exact) mass is 492 g/mol. The van der Waals surface area contributed by atoms with Gasteiger partial charge in [0.2, 0.25) is 0 Å². The van der Waals surface area contributed by atoms with Crippen LogP contribution in [0.5, 0.6) is 0 Å². The number of carboxylic acid groups (broad SMARTS) is 1. The second-order valence-corrected chi connectivity index (χ2v) is 9.69. The maximum absolute atomic E-state index is 14.3. The molecular weight excluding hydrogens is 469 g/mol. The molecule has 36 heavy (non-hydrogen) atoms. The molecule has 2 aromatic heterocycles. The van der Waals surface area contributed by atoms with E-state index in [-0.39, 0.29) is 34.6 Å². The van der Waals surface area contributed by atoms with Gasteiger partial charge in [-0.15, -0.1) is 0 Å². The molecular formula is C27H23F3N4O2. The molecule has 184 valence electrons. The SMILES string of the molecule is O=C(O)C1C2CCC(CC2)C1Nc1cc(-c2ccc(F)cc2)nc(-c2c[nH]c3c(F)cc(F)cc23)n1. The molecule has 2 atom stereocenters. The molecule has 4 aromatic rings. The van der Waals surface area contributed by atoms with E-state index in [9.17, 15) is 23.1 Å². The Kier molecular flexibility index (Phi) is 5.43. The first-order chi connectivity index (χ1) is 17.4. The minimum absolute atomic E-state index is 0.113. The Morgan fingerprint density at radius 3 is 2.39 bits per heavy atom. The van der Waals surface area contributed by atoms with E-state index in [1.54, 1.807) is 18.2 Å². The summed E-state index contributed by atoms with van der Waals surface area (Å²) in [7, 11) is 0. The standard InChI is InChI=1S/C27H23F3N4O2/c28-16-7-5-13(6-8-16)21-11-22(33-24-15-3-1-14(2-4-15)23(24)27(35)36)34-26(32-21)19-12-31-25-18(19)9-17(29)10-20(25)30/h5-12,14-15,23-24,31H,1-4H2,(H,35,36)(H,32,33,34). The van der Waals surface area contributed by atoms with Crippen LogP contribution in [0.15, 0.2) is 48.7 Å². The molecule has 0 spiro atoms. The molecule has 0 saturated heterocycles. The van der Waals surface area contributed by atoms with Crippen LogP contribution in [0.2, 0.25) is 0 Å². The van der Waals surface area contributed by atoms with Gasteiger partial charge >= 0.3 is 5.97 Å². The Hall–Kier alpha value is -3.88. The van der Waals surface area contributed by atoms with Crippen LogP contribution in [-0.2, 0) is 4.79 Å². The summed E-state index contributed by atoms with van der Waals surface area (Å²) in [6, 6.07) is 9.24. The maximum Gasteiger partial charge on any atom is 0.308 e. The van der Waals surface area contributed by atoms with Crippen molar-refractivity contribution < 1.29 is 23.1 Å². The average Bonchev–Trinajstić information content (AvgIpc) is 3.29. The van der Waals surface area contributed by atoms with E-state index in [1.165, 1.54) is 24.4 Å². The van der Waals surface area contributed by atoms with Crippen LogP contribution in [0.1, 0.15) is 25.7 Å². The zero-order valence-electron chi connectivity index (χ0n) is 19.1. The molecule has 0 aliphatic heterocycles. The third-order valence-electron chi connectivity index (χ3n) is 7.63. The van der Waals surface area contributed by atoms with Crippen molar-refractivity contribution >= 4 is 22.7 Å². The zero-order valence-corrected chi connectivity index (χ0v) is 19.1. The van der Waals surface area contributed by atoms with Gasteiger partial charge in [-0.2, -0.15) is 0 Å². The van der Waals surface area contributed by atoms with Crippen molar-refractivity contribution in [1.82, 2.24) is 15.0 Å². The molecule has 2 aromatic carbocycles. The number of H-pyrrole nitrogens is 1. The fraction of sp³-hybridized carbons (Fsp3) is 0.296. The molecule has 0 amide bonds. The highest BCUT2D eigenvalue weighted by Gasteiger charge is 2.47. The highest BCUT2D eigenvalue weighted by molar-refractivity contribution is 5.94. The van der Waals surface area contributed by atoms with Crippen molar-refractivity contribution in [2.75, 3.05) is 5.32 Å². The predicted molar refractivity (Wildman–Crippen MR) is 129 cm³/mol. The molecule has 3 aliphatic rings. The van der Waals surface area contributed by atoms with Crippen LogP contribution < -0.4 is 5.32 Å². The zero-order chi connectivity index (χ0) is 25.0. The number of benzene rings is 2. The minimum Gasteiger partial charge on any atom is -0.481 e. The quantitative estimate of drug-likeness (QED) is 0.317. The normalized spacial score (nSPS) is 23.2. The van der Waals surface area contributed by atoms with E-state index in [0.717, 1.165) is 31.7 Å². The minimum atomic E-state index is -0.822. The summed E-state index contributed by atoms with van der Waals surface area (Å²) in [5, 5.41) is 13.6. The molecule has 7 rings (SSSR count). The van der Waals surface area contributed by atoms with Crippen molar-refractivity contribution in [3.63, 3.8) is 0 Å². The molecule has 2 unspecified atom stereocenters. The third kappa shape index (κ3) is 3.88. The highest BCUT2D eigenvalue weighted by Crippen LogP contribution is 2.46. The Balaban J connectivity index is 1.47. The number of fused-ring (bicyclic) bond motifs is 4. The van der Waals surface area contributed by atoms with E-state index in [0.29, 0.717) is 22.6 Å². The van der Waals surface area contributed by atoms with Gasteiger partial charge in [-0.05, 0) is 67.9 Å². The molecule has 3 N–H and O–H groups in total. The van der Waals surface area contributed by atoms with Crippen molar-refractivity contribution in [3.8, 4) is 22.6 Å². The van der Waals surface area contributed by atoms with Gasteiger partial charge in [-0.3, -0.25) is 4.79 Å². The lowest BCUT2D eigenvalue weighted by Crippen LogP contribution is -2.51. The van der Waals surface area contributed by atoms with Gasteiger partial charge in [-0.25, -0.2) is 23.1 Å². The lowest BCUT2D eigenvalue weighted by atomic mass is 9.61. The number of carboxylic acids is 1. The topological polar surface area (TPSA) is 90.9 Å². The van der Waals surface area contributed by atoms with Crippen LogP contribution in [0.3, 0.4) is 0 Å². The molecule has 0 radical (unpaired) electrons. The van der Waals surface area contributed by atoms with E-state index >= 15 is 0 Å². The first-order valence-electron chi connectivity index (χ1n) is 12.0. The number of hydrogen-bond acceptors (Lipinski definition) is 4. The number of hydrogen-bond donors (Lipinski definition) is 3. The molecule has 2 bridgehead atoms. The fourth-order valence-corrected chi connectivity index (χ4v) is 5.93. The lowest BCUT2D eigenvalue weighted by Gasteiger charge is -2.47. The first kappa shape index (κ1) is 22.6.